The minimum Gasteiger partial charge on any atom is -0.469 e. The van der Waals surface area contributed by atoms with Crippen molar-refractivity contribution in [1.82, 2.24) is 10.2 Å². The zero-order valence-electron chi connectivity index (χ0n) is 10.8. The third-order valence-corrected chi connectivity index (χ3v) is 3.17. The van der Waals surface area contributed by atoms with Crippen molar-refractivity contribution in [3.8, 4) is 0 Å². The fourth-order valence-electron chi connectivity index (χ4n) is 2.44. The second-order valence-electron chi connectivity index (χ2n) is 4.83. The number of methoxy groups -OCH3 is 1. The van der Waals surface area contributed by atoms with Crippen LogP contribution in [0.25, 0.3) is 0 Å². The lowest BCUT2D eigenvalue weighted by Crippen LogP contribution is -2.48. The van der Waals surface area contributed by atoms with E-state index in [0.29, 0.717) is 18.4 Å². The first-order valence-corrected chi connectivity index (χ1v) is 6.25. The molecule has 5 nitrogen and oxygen atoms in total. The van der Waals surface area contributed by atoms with Crippen LogP contribution in [0.1, 0.15) is 19.3 Å². The Morgan fingerprint density at radius 2 is 2.29 bits per heavy atom. The summed E-state index contributed by atoms with van der Waals surface area (Å²) < 4.78 is 4.71. The van der Waals surface area contributed by atoms with E-state index in [1.54, 1.807) is 0 Å². The van der Waals surface area contributed by atoms with E-state index in [1.165, 1.54) is 7.11 Å². The third-order valence-electron chi connectivity index (χ3n) is 3.17. The van der Waals surface area contributed by atoms with Gasteiger partial charge in [-0.05, 0) is 32.4 Å². The van der Waals surface area contributed by atoms with Crippen LogP contribution in [0.3, 0.4) is 0 Å². The molecule has 0 aliphatic carbocycles. The van der Waals surface area contributed by atoms with Crippen LogP contribution in [-0.2, 0) is 9.53 Å². The van der Waals surface area contributed by atoms with Gasteiger partial charge in [0.2, 0.25) is 0 Å². The van der Waals surface area contributed by atoms with E-state index >= 15 is 0 Å². The molecule has 0 radical (unpaired) electrons. The normalized spacial score (nSPS) is 25.8. The topological polar surface area (TPSA) is 61.8 Å². The number of hydrogen-bond donors (Lipinski definition) is 2. The van der Waals surface area contributed by atoms with Crippen molar-refractivity contribution < 1.29 is 14.6 Å². The molecule has 5 heteroatoms. The zero-order chi connectivity index (χ0) is 12.7. The summed E-state index contributed by atoms with van der Waals surface area (Å²) in [7, 11) is 3.51. The molecule has 0 bridgehead atoms. The van der Waals surface area contributed by atoms with Gasteiger partial charge in [0.05, 0.1) is 7.11 Å². The number of likely N-dealkylation sites (N-methyl/N-ethyl adjacent to an activating group) is 1. The van der Waals surface area contributed by atoms with Crippen LogP contribution in [0.4, 0.5) is 0 Å². The molecule has 100 valence electrons. The molecule has 0 amide bonds. The van der Waals surface area contributed by atoms with E-state index < -0.39 is 0 Å². The maximum atomic E-state index is 11.3. The first-order valence-electron chi connectivity index (χ1n) is 6.25. The number of ether oxygens (including phenoxy) is 1. The van der Waals surface area contributed by atoms with Crippen molar-refractivity contribution in [3.63, 3.8) is 0 Å². The maximum absolute atomic E-state index is 11.3. The standard InChI is InChI=1S/C12H24N2O3/c1-14-8-10(7-12(16)17-2)6-11(9-14)13-4-3-5-15/h10-11,13,15H,3-9H2,1-2H3. The molecule has 0 aromatic heterocycles. The second kappa shape index (κ2) is 7.63. The summed E-state index contributed by atoms with van der Waals surface area (Å²) in [5.74, 6) is 0.243. The quantitative estimate of drug-likeness (QED) is 0.502. The number of esters is 1. The number of hydrogen-bond acceptors (Lipinski definition) is 5. The Hall–Kier alpha value is -0.650. The van der Waals surface area contributed by atoms with Crippen LogP contribution in [-0.4, -0.2) is 62.4 Å². The molecule has 2 atom stereocenters. The van der Waals surface area contributed by atoms with Gasteiger partial charge in [0, 0.05) is 32.2 Å². The van der Waals surface area contributed by atoms with Crippen molar-refractivity contribution >= 4 is 5.97 Å². The largest absolute Gasteiger partial charge is 0.469 e. The van der Waals surface area contributed by atoms with Gasteiger partial charge in [-0.3, -0.25) is 4.79 Å². The third kappa shape index (κ3) is 5.48. The molecule has 2 unspecified atom stereocenters. The smallest absolute Gasteiger partial charge is 0.305 e. The monoisotopic (exact) mass is 244 g/mol. The summed E-state index contributed by atoms with van der Waals surface area (Å²) in [6, 6.07) is 0.412. The van der Waals surface area contributed by atoms with Crippen LogP contribution >= 0.6 is 0 Å². The fourth-order valence-corrected chi connectivity index (χ4v) is 2.44. The van der Waals surface area contributed by atoms with Gasteiger partial charge in [0.25, 0.3) is 0 Å². The van der Waals surface area contributed by atoms with Gasteiger partial charge in [0.15, 0.2) is 0 Å². The van der Waals surface area contributed by atoms with Crippen molar-refractivity contribution in [2.24, 2.45) is 5.92 Å². The molecule has 0 saturated carbocycles. The first kappa shape index (κ1) is 14.4. The van der Waals surface area contributed by atoms with Crippen molar-refractivity contribution in [2.75, 3.05) is 40.4 Å². The molecule has 1 heterocycles. The lowest BCUT2D eigenvalue weighted by molar-refractivity contribution is -0.142. The lowest BCUT2D eigenvalue weighted by atomic mass is 9.92. The molecular formula is C12H24N2O3. The average molecular weight is 244 g/mol. The molecule has 1 saturated heterocycles. The Labute approximate surface area is 103 Å². The van der Waals surface area contributed by atoms with Gasteiger partial charge in [-0.1, -0.05) is 0 Å². The summed E-state index contributed by atoms with van der Waals surface area (Å²) in [6.07, 6.45) is 2.28. The van der Waals surface area contributed by atoms with E-state index in [2.05, 4.69) is 17.3 Å². The molecule has 0 aromatic carbocycles. The molecule has 17 heavy (non-hydrogen) atoms. The van der Waals surface area contributed by atoms with Crippen molar-refractivity contribution in [2.45, 2.75) is 25.3 Å². The fraction of sp³-hybridized carbons (Fsp3) is 0.917. The predicted molar refractivity (Wildman–Crippen MR) is 65.7 cm³/mol. The average Bonchev–Trinajstić information content (AvgIpc) is 2.28. The summed E-state index contributed by atoms with van der Waals surface area (Å²) in [4.78, 5) is 13.5. The Bertz CT molecular complexity index is 236. The number of nitrogens with zero attached hydrogens (tertiary/aromatic N) is 1. The summed E-state index contributed by atoms with van der Waals surface area (Å²) in [5, 5.41) is 12.2. The molecule has 2 N–H and O–H groups in total. The SMILES string of the molecule is COC(=O)CC1CC(NCCCO)CN(C)C1. The number of aliphatic hydroxyl groups is 1. The Kier molecular flexibility index (Phi) is 6.47. The summed E-state index contributed by atoms with van der Waals surface area (Å²) in [6.45, 7) is 3.01. The number of carbonyl (C=O) groups is 1. The number of piperidine rings is 1. The van der Waals surface area contributed by atoms with Crippen LogP contribution in [0.5, 0.6) is 0 Å². The molecule has 1 rings (SSSR count). The second-order valence-corrected chi connectivity index (χ2v) is 4.83. The van der Waals surface area contributed by atoms with Crippen LogP contribution in [0.2, 0.25) is 0 Å². The molecular weight excluding hydrogens is 220 g/mol. The number of likely N-dealkylation sites (tertiary alicyclic amines) is 1. The highest BCUT2D eigenvalue weighted by Crippen LogP contribution is 2.19. The lowest BCUT2D eigenvalue weighted by Gasteiger charge is -2.35. The first-order chi connectivity index (χ1) is 8.15. The predicted octanol–water partition coefficient (Wildman–Crippen LogP) is -0.158. The number of rotatable bonds is 6. The number of aliphatic hydroxyl groups excluding tert-OH is 1. The van der Waals surface area contributed by atoms with Gasteiger partial charge in [0.1, 0.15) is 0 Å². The van der Waals surface area contributed by atoms with Gasteiger partial charge in [-0.15, -0.1) is 0 Å². The number of nitrogens with one attached hydrogen (secondary N) is 1. The van der Waals surface area contributed by atoms with Gasteiger partial charge >= 0.3 is 5.97 Å². The van der Waals surface area contributed by atoms with E-state index in [-0.39, 0.29) is 12.6 Å². The highest BCUT2D eigenvalue weighted by molar-refractivity contribution is 5.69. The van der Waals surface area contributed by atoms with Gasteiger partial charge < -0.3 is 20.1 Å². The van der Waals surface area contributed by atoms with Crippen molar-refractivity contribution in [3.05, 3.63) is 0 Å². The molecule has 0 spiro atoms. The summed E-state index contributed by atoms with van der Waals surface area (Å²) >= 11 is 0. The zero-order valence-corrected chi connectivity index (χ0v) is 10.8. The Morgan fingerprint density at radius 1 is 1.53 bits per heavy atom. The van der Waals surface area contributed by atoms with Crippen molar-refractivity contribution in [1.29, 1.82) is 0 Å². The van der Waals surface area contributed by atoms with Gasteiger partial charge in [-0.25, -0.2) is 0 Å². The molecule has 0 aromatic rings. The Balaban J connectivity index is 2.33. The number of carbonyl (C=O) groups excluding carboxylic acids is 1. The minimum atomic E-state index is -0.126. The Morgan fingerprint density at radius 3 is 2.94 bits per heavy atom. The molecule has 1 aliphatic heterocycles. The maximum Gasteiger partial charge on any atom is 0.305 e. The van der Waals surface area contributed by atoms with Crippen LogP contribution < -0.4 is 5.32 Å². The van der Waals surface area contributed by atoms with E-state index in [1.807, 2.05) is 0 Å². The minimum absolute atomic E-state index is 0.126. The molecule has 1 fully saturated rings. The van der Waals surface area contributed by atoms with Crippen LogP contribution in [0, 0.1) is 5.92 Å². The van der Waals surface area contributed by atoms with E-state index in [4.69, 9.17) is 9.84 Å². The van der Waals surface area contributed by atoms with E-state index in [0.717, 1.165) is 32.5 Å². The highest BCUT2D eigenvalue weighted by Gasteiger charge is 2.26. The van der Waals surface area contributed by atoms with E-state index in [9.17, 15) is 4.79 Å². The highest BCUT2D eigenvalue weighted by atomic mass is 16.5. The van der Waals surface area contributed by atoms with Gasteiger partial charge in [-0.2, -0.15) is 0 Å². The molecule has 1 aliphatic rings. The van der Waals surface area contributed by atoms with Crippen LogP contribution in [0.15, 0.2) is 0 Å². The summed E-state index contributed by atoms with van der Waals surface area (Å²) in [5.41, 5.74) is 0.